The van der Waals surface area contributed by atoms with Crippen molar-refractivity contribution >= 4 is 0 Å². The van der Waals surface area contributed by atoms with Crippen molar-refractivity contribution in [2.24, 2.45) is 28.1 Å². The smallest absolute Gasteiger partial charge is 0.00253 e. The Morgan fingerprint density at radius 2 is 1.73 bits per heavy atom. The molecule has 0 heteroatoms. The van der Waals surface area contributed by atoms with E-state index < -0.39 is 0 Å². The van der Waals surface area contributed by atoms with Gasteiger partial charge in [-0.25, -0.2) is 0 Å². The van der Waals surface area contributed by atoms with Crippen LogP contribution in [0.1, 0.15) is 53.4 Å². The van der Waals surface area contributed by atoms with E-state index in [0.29, 0.717) is 16.2 Å². The number of hydrogen-bond donors (Lipinski definition) is 0. The van der Waals surface area contributed by atoms with Crippen LogP contribution in [0, 0.1) is 28.1 Å². The second kappa shape index (κ2) is 2.52. The third-order valence-corrected chi connectivity index (χ3v) is 6.37. The molecule has 84 valence electrons. The highest BCUT2D eigenvalue weighted by molar-refractivity contribution is 5.32. The van der Waals surface area contributed by atoms with Crippen molar-refractivity contribution in [3.63, 3.8) is 0 Å². The van der Waals surface area contributed by atoms with Crippen LogP contribution in [0.2, 0.25) is 0 Å². The first kappa shape index (κ1) is 9.93. The van der Waals surface area contributed by atoms with E-state index >= 15 is 0 Å². The van der Waals surface area contributed by atoms with Crippen molar-refractivity contribution < 1.29 is 0 Å². The summed E-state index contributed by atoms with van der Waals surface area (Å²) >= 11 is 0. The summed E-state index contributed by atoms with van der Waals surface area (Å²) in [5.74, 6) is 1.83. The highest BCUT2D eigenvalue weighted by atomic mass is 14.7. The van der Waals surface area contributed by atoms with Gasteiger partial charge in [0.2, 0.25) is 0 Å². The molecule has 0 heterocycles. The van der Waals surface area contributed by atoms with Crippen LogP contribution in [0.15, 0.2) is 12.2 Å². The van der Waals surface area contributed by atoms with Gasteiger partial charge >= 0.3 is 0 Å². The predicted molar refractivity (Wildman–Crippen MR) is 64.6 cm³/mol. The van der Waals surface area contributed by atoms with E-state index in [2.05, 4.69) is 39.8 Å². The molecule has 3 rings (SSSR count). The van der Waals surface area contributed by atoms with Gasteiger partial charge in [0.05, 0.1) is 0 Å². The summed E-state index contributed by atoms with van der Waals surface area (Å²) in [5.41, 5.74) is 1.63. The van der Waals surface area contributed by atoms with E-state index in [1.165, 1.54) is 25.7 Å². The zero-order valence-corrected chi connectivity index (χ0v) is 10.6. The summed E-state index contributed by atoms with van der Waals surface area (Å²) in [7, 11) is 0. The van der Waals surface area contributed by atoms with E-state index in [1.807, 2.05) is 0 Å². The summed E-state index contributed by atoms with van der Waals surface area (Å²) in [6.45, 7) is 9.96. The van der Waals surface area contributed by atoms with Crippen LogP contribution in [-0.4, -0.2) is 0 Å². The van der Waals surface area contributed by atoms with Gasteiger partial charge in [0.15, 0.2) is 0 Å². The molecule has 3 aliphatic rings. The summed E-state index contributed by atoms with van der Waals surface area (Å²) in [4.78, 5) is 0. The molecule has 0 aliphatic heterocycles. The van der Waals surface area contributed by atoms with E-state index in [0.717, 1.165) is 11.8 Å². The monoisotopic (exact) mass is 204 g/mol. The summed E-state index contributed by atoms with van der Waals surface area (Å²) in [6, 6.07) is 0. The average molecular weight is 204 g/mol. The van der Waals surface area contributed by atoms with Gasteiger partial charge in [0, 0.05) is 0 Å². The maximum atomic E-state index is 2.62. The van der Waals surface area contributed by atoms with Crippen molar-refractivity contribution in [2.75, 3.05) is 0 Å². The Balaban J connectivity index is 2.21. The topological polar surface area (TPSA) is 0 Å². The van der Waals surface area contributed by atoms with Gasteiger partial charge in [0.25, 0.3) is 0 Å². The maximum Gasteiger partial charge on any atom is -0.00253 e. The van der Waals surface area contributed by atoms with Crippen molar-refractivity contribution in [3.8, 4) is 0 Å². The van der Waals surface area contributed by atoms with Crippen LogP contribution in [-0.2, 0) is 0 Å². The molecule has 2 saturated carbocycles. The Bertz CT molecular complexity index is 325. The van der Waals surface area contributed by atoms with E-state index in [4.69, 9.17) is 0 Å². The molecule has 3 aliphatic carbocycles. The molecule has 0 unspecified atom stereocenters. The normalized spacial score (nSPS) is 55.7. The molecular formula is C15H24. The molecule has 15 heavy (non-hydrogen) atoms. The summed E-state index contributed by atoms with van der Waals surface area (Å²) in [5, 5.41) is 0. The summed E-state index contributed by atoms with van der Waals surface area (Å²) in [6.07, 6.45) is 11.0. The zero-order valence-electron chi connectivity index (χ0n) is 10.6. The van der Waals surface area contributed by atoms with Gasteiger partial charge in [-0.3, -0.25) is 0 Å². The van der Waals surface area contributed by atoms with Crippen LogP contribution in [0.25, 0.3) is 0 Å². The molecule has 0 bridgehead atoms. The molecule has 0 aromatic heterocycles. The lowest BCUT2D eigenvalue weighted by molar-refractivity contribution is 0.0157. The Morgan fingerprint density at radius 1 is 1.00 bits per heavy atom. The second-order valence-electron chi connectivity index (χ2n) is 6.96. The van der Waals surface area contributed by atoms with Gasteiger partial charge in [-0.05, 0) is 47.3 Å². The fourth-order valence-electron chi connectivity index (χ4n) is 5.91. The predicted octanol–water partition coefficient (Wildman–Crippen LogP) is 4.42. The standard InChI is InChI=1S/C15H24/c1-11-10-12(2)15-7-5-6-14(11,15)9-8-13(15,3)4/h8-9,11-12H,5-7,10H2,1-4H3/t11-,12+,14-,15-/m1/s1. The minimum absolute atomic E-state index is 0.438. The van der Waals surface area contributed by atoms with E-state index in [9.17, 15) is 0 Å². The molecule has 0 nitrogen and oxygen atoms in total. The lowest BCUT2D eigenvalue weighted by Gasteiger charge is -2.48. The second-order valence-corrected chi connectivity index (χ2v) is 6.96. The average Bonchev–Trinajstić information content (AvgIpc) is 2.69. The largest absolute Gasteiger partial charge is 0.0817 e. The van der Waals surface area contributed by atoms with Crippen LogP contribution in [0.3, 0.4) is 0 Å². The van der Waals surface area contributed by atoms with Crippen LogP contribution in [0.5, 0.6) is 0 Å². The zero-order chi connectivity index (χ0) is 10.9. The molecule has 4 atom stereocenters. The summed E-state index contributed by atoms with van der Waals surface area (Å²) < 4.78 is 0. The number of rotatable bonds is 0. The quantitative estimate of drug-likeness (QED) is 0.513. The van der Waals surface area contributed by atoms with Gasteiger partial charge in [-0.1, -0.05) is 46.3 Å². The minimum Gasteiger partial charge on any atom is -0.0817 e. The molecule has 0 saturated heterocycles. The van der Waals surface area contributed by atoms with Crippen molar-refractivity contribution in [1.29, 1.82) is 0 Å². The van der Waals surface area contributed by atoms with Gasteiger partial charge in [-0.2, -0.15) is 0 Å². The lowest BCUT2D eigenvalue weighted by Crippen LogP contribution is -2.43. The SMILES string of the molecule is C[C@@H]1C[C@H](C)[C@@]23CCC[C@@]12C=CC3(C)C. The van der Waals surface area contributed by atoms with Gasteiger partial charge < -0.3 is 0 Å². The van der Waals surface area contributed by atoms with E-state index in [1.54, 1.807) is 0 Å². The Morgan fingerprint density at radius 3 is 2.40 bits per heavy atom. The number of allylic oxidation sites excluding steroid dienone is 2. The van der Waals surface area contributed by atoms with Crippen LogP contribution in [0.4, 0.5) is 0 Å². The molecular weight excluding hydrogens is 180 g/mol. The van der Waals surface area contributed by atoms with Crippen LogP contribution >= 0.6 is 0 Å². The fraction of sp³-hybridized carbons (Fsp3) is 0.867. The molecule has 0 spiro atoms. The van der Waals surface area contributed by atoms with E-state index in [-0.39, 0.29) is 0 Å². The first-order valence-electron chi connectivity index (χ1n) is 6.67. The van der Waals surface area contributed by atoms with Crippen molar-refractivity contribution in [1.82, 2.24) is 0 Å². The Labute approximate surface area is 94.1 Å². The molecule has 0 aromatic carbocycles. The van der Waals surface area contributed by atoms with Crippen LogP contribution < -0.4 is 0 Å². The third kappa shape index (κ3) is 0.797. The van der Waals surface area contributed by atoms with Crippen molar-refractivity contribution in [3.05, 3.63) is 12.2 Å². The molecule has 0 aromatic rings. The fourth-order valence-corrected chi connectivity index (χ4v) is 5.91. The molecule has 2 fully saturated rings. The van der Waals surface area contributed by atoms with Gasteiger partial charge in [-0.15, -0.1) is 0 Å². The first-order chi connectivity index (χ1) is 6.96. The third-order valence-electron chi connectivity index (χ3n) is 6.37. The first-order valence-corrected chi connectivity index (χ1v) is 6.67. The molecule has 0 N–H and O–H groups in total. The number of hydrogen-bond acceptors (Lipinski definition) is 0. The minimum atomic E-state index is 0.438. The Kier molecular flexibility index (Phi) is 1.67. The van der Waals surface area contributed by atoms with Crippen molar-refractivity contribution in [2.45, 2.75) is 53.4 Å². The lowest BCUT2D eigenvalue weighted by atomic mass is 9.55. The molecule has 0 amide bonds. The highest BCUT2D eigenvalue weighted by Crippen LogP contribution is 2.77. The maximum absolute atomic E-state index is 2.62. The highest BCUT2D eigenvalue weighted by Gasteiger charge is 2.70. The van der Waals surface area contributed by atoms with Gasteiger partial charge in [0.1, 0.15) is 0 Å². The Hall–Kier alpha value is -0.260. The molecule has 0 radical (unpaired) electrons.